The molecule has 196 valence electrons. The molecule has 0 radical (unpaired) electrons. The maximum Gasteiger partial charge on any atom is 0.339 e. The number of aliphatic hydroxyl groups excluding tert-OH is 2. The lowest BCUT2D eigenvalue weighted by Crippen LogP contribution is -2.39. The first-order valence-electron chi connectivity index (χ1n) is 12.2. The molecule has 0 spiro atoms. The molecule has 0 saturated carbocycles. The minimum atomic E-state index is -0.970. The van der Waals surface area contributed by atoms with Crippen molar-refractivity contribution < 1.29 is 24.5 Å². The Kier molecular flexibility index (Phi) is 10.8. The molecule has 4 unspecified atom stereocenters. The number of carbonyl (C=O) groups excluding carboxylic acids is 1. The summed E-state index contributed by atoms with van der Waals surface area (Å²) in [5.41, 5.74) is 1.02. The molecule has 0 bridgehead atoms. The van der Waals surface area contributed by atoms with E-state index in [9.17, 15) is 9.90 Å². The first-order chi connectivity index (χ1) is 17.2. The highest BCUT2D eigenvalue weighted by Crippen LogP contribution is 2.49. The maximum absolute atomic E-state index is 13.0. The van der Waals surface area contributed by atoms with Gasteiger partial charge in [-0.3, -0.25) is 4.99 Å². The molecule has 1 aliphatic rings. The first-order valence-corrected chi connectivity index (χ1v) is 12.2. The van der Waals surface area contributed by atoms with Crippen LogP contribution in [0.2, 0.25) is 0 Å². The number of fused-ring (bicyclic) bond motifs is 1. The minimum Gasteiger partial charge on any atom is -0.516 e. The molecule has 0 amide bonds. The van der Waals surface area contributed by atoms with Gasteiger partial charge in [0.2, 0.25) is 0 Å². The molecule has 1 aromatic carbocycles. The van der Waals surface area contributed by atoms with Gasteiger partial charge in [-0.25, -0.2) is 4.79 Å². The molecular weight excluding hydrogens is 458 g/mol. The van der Waals surface area contributed by atoms with Crippen LogP contribution in [0.25, 0.3) is 0 Å². The molecule has 0 aromatic heterocycles. The normalized spacial score (nSPS) is 20.8. The van der Waals surface area contributed by atoms with Crippen LogP contribution in [0, 0.1) is 11.8 Å². The molecule has 4 atom stereocenters. The molecule has 0 fully saturated rings. The highest BCUT2D eigenvalue weighted by Gasteiger charge is 2.51. The molecule has 1 aliphatic heterocycles. The summed E-state index contributed by atoms with van der Waals surface area (Å²) in [5.74, 6) is -0.225. The Hall–Kier alpha value is -3.52. The van der Waals surface area contributed by atoms with Crippen LogP contribution in [0.4, 0.5) is 5.69 Å². The fourth-order valence-electron chi connectivity index (χ4n) is 4.14. The van der Waals surface area contributed by atoms with Crippen molar-refractivity contribution in [1.82, 2.24) is 5.32 Å². The van der Waals surface area contributed by atoms with Crippen LogP contribution in [0.5, 0.6) is 0 Å². The van der Waals surface area contributed by atoms with Crippen molar-refractivity contribution in [2.75, 3.05) is 25.5 Å². The summed E-state index contributed by atoms with van der Waals surface area (Å²) < 4.78 is 11.5. The Labute approximate surface area is 214 Å². The second-order valence-corrected chi connectivity index (χ2v) is 8.75. The Balaban J connectivity index is 2.30. The Morgan fingerprint density at radius 1 is 1.28 bits per heavy atom. The van der Waals surface area contributed by atoms with Gasteiger partial charge in [-0.05, 0) is 43.7 Å². The number of cyclic esters (lactones) is 1. The van der Waals surface area contributed by atoms with Gasteiger partial charge in [0.25, 0.3) is 0 Å². The summed E-state index contributed by atoms with van der Waals surface area (Å²) in [6.45, 7) is 12.7. The van der Waals surface area contributed by atoms with E-state index >= 15 is 0 Å². The number of allylic oxidation sites excluding steroid dienone is 1. The summed E-state index contributed by atoms with van der Waals surface area (Å²) in [6, 6.07) is 5.58. The molecule has 4 N–H and O–H groups in total. The molecule has 1 heterocycles. The van der Waals surface area contributed by atoms with Crippen LogP contribution < -0.4 is 10.6 Å². The second-order valence-electron chi connectivity index (χ2n) is 8.75. The van der Waals surface area contributed by atoms with E-state index in [-0.39, 0.29) is 30.3 Å². The molecule has 2 rings (SSSR count). The zero-order chi connectivity index (χ0) is 26.7. The quantitative estimate of drug-likeness (QED) is 0.0765. The van der Waals surface area contributed by atoms with Crippen LogP contribution in [-0.2, 0) is 15.1 Å². The maximum atomic E-state index is 13.0. The fourth-order valence-corrected chi connectivity index (χ4v) is 4.14. The van der Waals surface area contributed by atoms with E-state index in [1.807, 2.05) is 32.1 Å². The van der Waals surface area contributed by atoms with Gasteiger partial charge >= 0.3 is 5.97 Å². The number of esters is 1. The van der Waals surface area contributed by atoms with Crippen molar-refractivity contribution in [3.63, 3.8) is 0 Å². The van der Waals surface area contributed by atoms with Crippen molar-refractivity contribution in [1.29, 1.82) is 0 Å². The van der Waals surface area contributed by atoms with E-state index in [4.69, 9.17) is 14.6 Å². The molecule has 1 aromatic rings. The highest BCUT2D eigenvalue weighted by atomic mass is 16.6. The zero-order valence-electron chi connectivity index (χ0n) is 21.8. The average Bonchev–Trinajstić information content (AvgIpc) is 3.17. The van der Waals surface area contributed by atoms with Gasteiger partial charge in [-0.15, -0.1) is 6.58 Å². The number of carbonyl (C=O) groups is 1. The molecule has 0 aliphatic carbocycles. The number of nitrogens with zero attached hydrogens (tertiary/aromatic N) is 1. The lowest BCUT2D eigenvalue weighted by Gasteiger charge is -2.37. The van der Waals surface area contributed by atoms with Gasteiger partial charge in [-0.2, -0.15) is 0 Å². The SMILES string of the molecule is C=CC(C)C1(C(C)/C=C\C(O)=C/COC(C)/C=C/O)OC(=O)c2cc(NC(=NC)NCCC)ccc21. The molecule has 0 saturated heterocycles. The van der Waals surface area contributed by atoms with Crippen molar-refractivity contribution in [3.05, 3.63) is 78.3 Å². The number of benzene rings is 1. The van der Waals surface area contributed by atoms with Crippen molar-refractivity contribution >= 4 is 17.6 Å². The largest absolute Gasteiger partial charge is 0.516 e. The number of guanidine groups is 1. The minimum absolute atomic E-state index is 0.0264. The topological polar surface area (TPSA) is 112 Å². The van der Waals surface area contributed by atoms with E-state index in [2.05, 4.69) is 29.1 Å². The van der Waals surface area contributed by atoms with Crippen LogP contribution in [-0.4, -0.2) is 48.4 Å². The van der Waals surface area contributed by atoms with E-state index in [0.29, 0.717) is 11.5 Å². The molecule has 8 heteroatoms. The number of aliphatic imine (C=N–C) groups is 1. The summed E-state index contributed by atoms with van der Waals surface area (Å²) in [6.07, 6.45) is 9.78. The predicted octanol–water partition coefficient (Wildman–Crippen LogP) is 5.38. The Morgan fingerprint density at radius 3 is 2.67 bits per heavy atom. The van der Waals surface area contributed by atoms with Crippen LogP contribution in [0.15, 0.2) is 72.2 Å². The Bertz CT molecular complexity index is 1030. The van der Waals surface area contributed by atoms with Crippen molar-refractivity contribution in [2.24, 2.45) is 16.8 Å². The van der Waals surface area contributed by atoms with E-state index < -0.39 is 11.6 Å². The molecular formula is C28H39N3O5. The average molecular weight is 498 g/mol. The summed E-state index contributed by atoms with van der Waals surface area (Å²) >= 11 is 0. The van der Waals surface area contributed by atoms with Crippen molar-refractivity contribution in [3.8, 4) is 0 Å². The lowest BCUT2D eigenvalue weighted by molar-refractivity contribution is -0.0498. The van der Waals surface area contributed by atoms with E-state index in [0.717, 1.165) is 30.5 Å². The van der Waals surface area contributed by atoms with E-state index in [1.54, 1.807) is 32.2 Å². The second kappa shape index (κ2) is 13.5. The third-order valence-corrected chi connectivity index (χ3v) is 6.22. The monoisotopic (exact) mass is 497 g/mol. The van der Waals surface area contributed by atoms with Crippen LogP contribution in [0.1, 0.15) is 50.0 Å². The van der Waals surface area contributed by atoms with Gasteiger partial charge in [0, 0.05) is 36.7 Å². The number of nitrogens with one attached hydrogen (secondary N) is 2. The smallest absolute Gasteiger partial charge is 0.339 e. The number of hydrogen-bond donors (Lipinski definition) is 4. The van der Waals surface area contributed by atoms with Gasteiger partial charge in [0.05, 0.1) is 24.5 Å². The number of rotatable bonds is 12. The van der Waals surface area contributed by atoms with Crippen LogP contribution >= 0.6 is 0 Å². The number of anilines is 1. The standard InChI is InChI=1S/C28H39N3O5/c1-7-15-30-27(29-6)31-22-10-12-25-24(18-22)26(34)36-28(25,19(3)8-2)20(4)9-11-23(33)14-17-35-21(5)13-16-32/h8-14,16,18-21,32-33H,2,7,15,17H2,1,3-6H3,(H2,29,30,31)/b11-9-,16-13+,23-14+. The molecule has 8 nitrogen and oxygen atoms in total. The van der Waals surface area contributed by atoms with E-state index in [1.165, 1.54) is 12.2 Å². The lowest BCUT2D eigenvalue weighted by atomic mass is 9.73. The zero-order valence-corrected chi connectivity index (χ0v) is 21.8. The number of hydrogen-bond acceptors (Lipinski definition) is 6. The van der Waals surface area contributed by atoms with Crippen molar-refractivity contribution in [2.45, 2.75) is 45.8 Å². The predicted molar refractivity (Wildman–Crippen MR) is 144 cm³/mol. The van der Waals surface area contributed by atoms with Gasteiger partial charge in [-0.1, -0.05) is 39.0 Å². The van der Waals surface area contributed by atoms with Gasteiger partial charge < -0.3 is 30.3 Å². The van der Waals surface area contributed by atoms with Gasteiger partial charge in [0.1, 0.15) is 5.76 Å². The fraction of sp³-hybridized carbons (Fsp3) is 0.429. The third kappa shape index (κ3) is 6.79. The first kappa shape index (κ1) is 28.7. The number of ether oxygens (including phenoxy) is 2. The third-order valence-electron chi connectivity index (χ3n) is 6.22. The van der Waals surface area contributed by atoms with Gasteiger partial charge in [0.15, 0.2) is 11.6 Å². The highest BCUT2D eigenvalue weighted by molar-refractivity contribution is 5.99. The molecule has 36 heavy (non-hydrogen) atoms. The van der Waals surface area contributed by atoms with Crippen LogP contribution in [0.3, 0.4) is 0 Å². The Morgan fingerprint density at radius 2 is 2.03 bits per heavy atom. The summed E-state index contributed by atoms with van der Waals surface area (Å²) in [5, 5.41) is 25.5. The number of aliphatic hydroxyl groups is 2. The summed E-state index contributed by atoms with van der Waals surface area (Å²) in [4.78, 5) is 17.2. The summed E-state index contributed by atoms with van der Waals surface area (Å²) in [7, 11) is 1.69.